The molecule has 1 aromatic heterocycles. The van der Waals surface area contributed by atoms with Gasteiger partial charge in [0.15, 0.2) is 0 Å². The Hall–Kier alpha value is -2.64. The van der Waals surface area contributed by atoms with Crippen LogP contribution in [0.4, 0.5) is 19.0 Å². The number of aromatic nitrogens is 2. The Bertz CT molecular complexity index is 907. The zero-order chi connectivity index (χ0) is 19.9. The molecule has 0 unspecified atom stereocenters. The van der Waals surface area contributed by atoms with Crippen molar-refractivity contribution < 1.29 is 18.0 Å². The fourth-order valence-electron chi connectivity index (χ4n) is 3.89. The second kappa shape index (κ2) is 7.07. The third kappa shape index (κ3) is 3.55. The van der Waals surface area contributed by atoms with E-state index < -0.39 is 17.6 Å². The fourth-order valence-corrected chi connectivity index (χ4v) is 3.89. The van der Waals surface area contributed by atoms with Gasteiger partial charge in [0.05, 0.1) is 17.8 Å². The molecule has 0 radical (unpaired) electrons. The lowest BCUT2D eigenvalue weighted by atomic mass is 10.0. The average molecular weight is 390 g/mol. The Labute approximate surface area is 161 Å². The van der Waals surface area contributed by atoms with Crippen LogP contribution in [-0.4, -0.2) is 40.4 Å². The van der Waals surface area contributed by atoms with Crippen molar-refractivity contribution in [2.45, 2.75) is 38.9 Å². The third-order valence-electron chi connectivity index (χ3n) is 5.28. The lowest BCUT2D eigenvalue weighted by molar-refractivity contribution is -0.137. The van der Waals surface area contributed by atoms with E-state index in [4.69, 9.17) is 0 Å². The SMILES string of the molecule is Cc1nc2c(c(N3CCCC3)n1)CN(C(=O)c1cccc(C(F)(F)F)c1)CC2. The summed E-state index contributed by atoms with van der Waals surface area (Å²) in [4.78, 5) is 25.8. The summed E-state index contributed by atoms with van der Waals surface area (Å²) >= 11 is 0. The average Bonchev–Trinajstić information content (AvgIpc) is 3.20. The normalized spacial score (nSPS) is 17.0. The number of alkyl halides is 3. The van der Waals surface area contributed by atoms with Crippen LogP contribution in [0, 0.1) is 6.92 Å². The van der Waals surface area contributed by atoms with Gasteiger partial charge in [-0.2, -0.15) is 13.2 Å². The molecule has 0 spiro atoms. The zero-order valence-electron chi connectivity index (χ0n) is 15.6. The van der Waals surface area contributed by atoms with Gasteiger partial charge in [0.25, 0.3) is 5.91 Å². The molecular weight excluding hydrogens is 369 g/mol. The molecule has 3 heterocycles. The fraction of sp³-hybridized carbons (Fsp3) is 0.450. The zero-order valence-corrected chi connectivity index (χ0v) is 15.6. The van der Waals surface area contributed by atoms with Crippen molar-refractivity contribution in [1.82, 2.24) is 14.9 Å². The Morgan fingerprint density at radius 3 is 2.57 bits per heavy atom. The molecule has 148 valence electrons. The van der Waals surface area contributed by atoms with E-state index in [-0.39, 0.29) is 5.56 Å². The van der Waals surface area contributed by atoms with Gasteiger partial charge in [0, 0.05) is 37.2 Å². The summed E-state index contributed by atoms with van der Waals surface area (Å²) in [5, 5.41) is 0. The van der Waals surface area contributed by atoms with Crippen molar-refractivity contribution >= 4 is 11.7 Å². The summed E-state index contributed by atoms with van der Waals surface area (Å²) in [5.74, 6) is 1.17. The number of aryl methyl sites for hydroxylation is 1. The Kier molecular flexibility index (Phi) is 4.72. The molecule has 5 nitrogen and oxygen atoms in total. The van der Waals surface area contributed by atoms with E-state index in [0.717, 1.165) is 55.1 Å². The number of hydrogen-bond donors (Lipinski definition) is 0. The molecule has 8 heteroatoms. The van der Waals surface area contributed by atoms with E-state index in [0.29, 0.717) is 25.3 Å². The molecule has 0 aliphatic carbocycles. The maximum absolute atomic E-state index is 13.0. The van der Waals surface area contributed by atoms with E-state index in [2.05, 4.69) is 14.9 Å². The van der Waals surface area contributed by atoms with Gasteiger partial charge >= 0.3 is 6.18 Å². The highest BCUT2D eigenvalue weighted by Gasteiger charge is 2.32. The summed E-state index contributed by atoms with van der Waals surface area (Å²) in [6, 6.07) is 4.60. The van der Waals surface area contributed by atoms with Gasteiger partial charge in [-0.1, -0.05) is 6.07 Å². The van der Waals surface area contributed by atoms with E-state index in [1.54, 1.807) is 4.90 Å². The van der Waals surface area contributed by atoms with E-state index in [9.17, 15) is 18.0 Å². The second-order valence-corrected chi connectivity index (χ2v) is 7.27. The van der Waals surface area contributed by atoms with E-state index >= 15 is 0 Å². The Morgan fingerprint density at radius 2 is 1.86 bits per heavy atom. The maximum atomic E-state index is 13.0. The molecule has 1 fully saturated rings. The van der Waals surface area contributed by atoms with Crippen molar-refractivity contribution in [2.24, 2.45) is 0 Å². The lowest BCUT2D eigenvalue weighted by Gasteiger charge is -2.31. The van der Waals surface area contributed by atoms with Crippen LogP contribution in [-0.2, 0) is 19.1 Å². The number of benzene rings is 1. The molecule has 0 bridgehead atoms. The first-order valence-corrected chi connectivity index (χ1v) is 9.41. The van der Waals surface area contributed by atoms with Crippen LogP contribution >= 0.6 is 0 Å². The van der Waals surface area contributed by atoms with E-state index in [1.165, 1.54) is 12.1 Å². The molecular formula is C20H21F3N4O. The van der Waals surface area contributed by atoms with Gasteiger partial charge in [-0.25, -0.2) is 9.97 Å². The number of amides is 1. The number of carbonyl (C=O) groups is 1. The number of rotatable bonds is 2. The summed E-state index contributed by atoms with van der Waals surface area (Å²) in [6.45, 7) is 4.45. The van der Waals surface area contributed by atoms with Crippen LogP contribution in [0.15, 0.2) is 24.3 Å². The largest absolute Gasteiger partial charge is 0.416 e. The number of nitrogens with zero attached hydrogens (tertiary/aromatic N) is 4. The molecule has 2 aromatic rings. The van der Waals surface area contributed by atoms with E-state index in [1.807, 2.05) is 6.92 Å². The highest BCUT2D eigenvalue weighted by molar-refractivity contribution is 5.94. The van der Waals surface area contributed by atoms with Crippen molar-refractivity contribution in [3.05, 3.63) is 52.5 Å². The van der Waals surface area contributed by atoms with Gasteiger partial charge in [-0.3, -0.25) is 4.79 Å². The third-order valence-corrected chi connectivity index (χ3v) is 5.28. The molecule has 0 atom stereocenters. The van der Waals surface area contributed by atoms with Gasteiger partial charge in [-0.15, -0.1) is 0 Å². The van der Waals surface area contributed by atoms with Crippen molar-refractivity contribution in [2.75, 3.05) is 24.5 Å². The topological polar surface area (TPSA) is 49.3 Å². The summed E-state index contributed by atoms with van der Waals surface area (Å²) in [7, 11) is 0. The van der Waals surface area contributed by atoms with Crippen molar-refractivity contribution in [3.63, 3.8) is 0 Å². The predicted molar refractivity (Wildman–Crippen MR) is 98.1 cm³/mol. The summed E-state index contributed by atoms with van der Waals surface area (Å²) < 4.78 is 39.0. The highest BCUT2D eigenvalue weighted by atomic mass is 19.4. The highest BCUT2D eigenvalue weighted by Crippen LogP contribution is 2.32. The standard InChI is InChI=1S/C20H21F3N4O/c1-13-24-17-7-10-27(12-16(17)18(25-13)26-8-2-3-9-26)19(28)14-5-4-6-15(11-14)20(21,22)23/h4-6,11H,2-3,7-10,12H2,1H3. The van der Waals surface area contributed by atoms with Crippen LogP contribution in [0.25, 0.3) is 0 Å². The molecule has 1 amide bonds. The predicted octanol–water partition coefficient (Wildman–Crippen LogP) is 3.60. The molecule has 4 rings (SSSR count). The van der Waals surface area contributed by atoms with Gasteiger partial charge in [-0.05, 0) is 38.0 Å². The molecule has 2 aliphatic heterocycles. The molecule has 2 aliphatic rings. The summed E-state index contributed by atoms with van der Waals surface area (Å²) in [5.41, 5.74) is 1.09. The number of hydrogen-bond acceptors (Lipinski definition) is 4. The molecule has 1 saturated heterocycles. The monoisotopic (exact) mass is 390 g/mol. The number of fused-ring (bicyclic) bond motifs is 1. The van der Waals surface area contributed by atoms with Crippen LogP contribution in [0.3, 0.4) is 0 Å². The maximum Gasteiger partial charge on any atom is 0.416 e. The summed E-state index contributed by atoms with van der Waals surface area (Å²) in [6.07, 6.45) is -1.70. The Morgan fingerprint density at radius 1 is 1.11 bits per heavy atom. The van der Waals surface area contributed by atoms with Crippen molar-refractivity contribution in [1.29, 1.82) is 0 Å². The molecule has 1 aromatic carbocycles. The van der Waals surface area contributed by atoms with Crippen LogP contribution in [0.2, 0.25) is 0 Å². The minimum absolute atomic E-state index is 0.0500. The minimum Gasteiger partial charge on any atom is -0.356 e. The second-order valence-electron chi connectivity index (χ2n) is 7.27. The number of halogens is 3. The molecule has 28 heavy (non-hydrogen) atoms. The lowest BCUT2D eigenvalue weighted by Crippen LogP contribution is -2.38. The molecule has 0 N–H and O–H groups in total. The first-order valence-electron chi connectivity index (χ1n) is 9.41. The molecule has 0 saturated carbocycles. The minimum atomic E-state index is -4.47. The van der Waals surface area contributed by atoms with Gasteiger partial charge in [0.2, 0.25) is 0 Å². The quantitative estimate of drug-likeness (QED) is 0.786. The number of anilines is 1. The van der Waals surface area contributed by atoms with Gasteiger partial charge in [0.1, 0.15) is 11.6 Å². The first-order chi connectivity index (χ1) is 13.3. The van der Waals surface area contributed by atoms with Gasteiger partial charge < -0.3 is 9.80 Å². The van der Waals surface area contributed by atoms with Crippen LogP contribution in [0.5, 0.6) is 0 Å². The first kappa shape index (κ1) is 18.7. The smallest absolute Gasteiger partial charge is 0.356 e. The van der Waals surface area contributed by atoms with Crippen LogP contribution < -0.4 is 4.90 Å². The Balaban J connectivity index is 1.63. The van der Waals surface area contributed by atoms with Crippen LogP contribution in [0.1, 0.15) is 45.8 Å². The van der Waals surface area contributed by atoms with Crippen molar-refractivity contribution in [3.8, 4) is 0 Å². The number of carbonyl (C=O) groups excluding carboxylic acids is 1.